The van der Waals surface area contributed by atoms with Crippen LogP contribution in [0.3, 0.4) is 0 Å². The van der Waals surface area contributed by atoms with Gasteiger partial charge in [0.15, 0.2) is 5.82 Å². The van der Waals surface area contributed by atoms with Gasteiger partial charge >= 0.3 is 6.18 Å². The van der Waals surface area contributed by atoms with Gasteiger partial charge in [0.2, 0.25) is 5.91 Å². The van der Waals surface area contributed by atoms with Crippen LogP contribution in [-0.2, 0) is 23.9 Å². The largest absolute Gasteiger partial charge is 0.416 e. The van der Waals surface area contributed by atoms with Crippen LogP contribution in [0.4, 0.5) is 19.0 Å². The van der Waals surface area contributed by atoms with E-state index in [0.29, 0.717) is 24.2 Å². The predicted octanol–water partition coefficient (Wildman–Crippen LogP) is 5.70. The third-order valence-corrected chi connectivity index (χ3v) is 5.36. The number of nitrogens with zero attached hydrogens (tertiary/aromatic N) is 2. The van der Waals surface area contributed by atoms with E-state index in [-0.39, 0.29) is 12.5 Å². The molecule has 166 valence electrons. The van der Waals surface area contributed by atoms with Crippen molar-refractivity contribution in [3.8, 4) is 0 Å². The number of para-hydroxylation sites is 1. The van der Waals surface area contributed by atoms with E-state index in [4.69, 9.17) is 0 Å². The Hall–Kier alpha value is -3.55. The smallest absolute Gasteiger partial charge is 0.361 e. The first-order chi connectivity index (χ1) is 15.3. The molecule has 0 saturated carbocycles. The topological polar surface area (TPSA) is 62.7 Å². The fraction of sp³-hybridized carbons (Fsp3) is 0.250. The lowest BCUT2D eigenvalue weighted by atomic mass is 10.1. The van der Waals surface area contributed by atoms with Crippen molar-refractivity contribution in [3.63, 3.8) is 0 Å². The molecule has 0 bridgehead atoms. The molecule has 0 radical (unpaired) electrons. The molecule has 2 aromatic heterocycles. The Morgan fingerprint density at radius 2 is 1.94 bits per heavy atom. The number of alkyl halides is 3. The van der Waals surface area contributed by atoms with Crippen LogP contribution in [0.2, 0.25) is 0 Å². The van der Waals surface area contributed by atoms with Gasteiger partial charge in [-0.25, -0.2) is 0 Å². The van der Waals surface area contributed by atoms with Crippen molar-refractivity contribution in [1.29, 1.82) is 0 Å². The van der Waals surface area contributed by atoms with Gasteiger partial charge in [-0.3, -0.25) is 9.48 Å². The zero-order valence-corrected chi connectivity index (χ0v) is 17.5. The van der Waals surface area contributed by atoms with E-state index in [9.17, 15) is 18.0 Å². The number of hydrogen-bond donors (Lipinski definition) is 2. The number of aryl methyl sites for hydroxylation is 2. The monoisotopic (exact) mass is 440 g/mol. The molecule has 0 aliphatic rings. The third-order valence-electron chi connectivity index (χ3n) is 5.36. The third kappa shape index (κ3) is 5.01. The number of carbonyl (C=O) groups is 1. The summed E-state index contributed by atoms with van der Waals surface area (Å²) in [6.07, 6.45) is -0.598. The number of carbonyl (C=O) groups excluding carboxylic acids is 1. The second-order valence-electron chi connectivity index (χ2n) is 7.79. The van der Waals surface area contributed by atoms with E-state index in [1.807, 2.05) is 24.4 Å². The predicted molar refractivity (Wildman–Crippen MR) is 117 cm³/mol. The van der Waals surface area contributed by atoms with E-state index in [1.54, 1.807) is 23.7 Å². The maximum atomic E-state index is 12.9. The molecule has 0 spiro atoms. The van der Waals surface area contributed by atoms with Gasteiger partial charge < -0.3 is 10.3 Å². The number of hydrogen-bond acceptors (Lipinski definition) is 2. The standard InChI is InChI=1S/C24H23F3N4O/c1-16-12-22(30-31(16)15-17-6-4-8-19(13-17)24(25,26)27)29-23(32)11-5-7-18-14-28-21-10-3-2-9-20(18)21/h2-4,6,8-10,12-14,28H,5,7,11,15H2,1H3,(H,29,30,32). The van der Waals surface area contributed by atoms with E-state index in [1.165, 1.54) is 11.6 Å². The lowest BCUT2D eigenvalue weighted by molar-refractivity contribution is -0.137. The van der Waals surface area contributed by atoms with Crippen LogP contribution in [0, 0.1) is 6.92 Å². The summed E-state index contributed by atoms with van der Waals surface area (Å²) < 4.78 is 40.4. The van der Waals surface area contributed by atoms with Gasteiger partial charge in [0.1, 0.15) is 0 Å². The first kappa shape index (κ1) is 21.7. The highest BCUT2D eigenvalue weighted by molar-refractivity contribution is 5.89. The number of H-pyrrole nitrogens is 1. The fourth-order valence-corrected chi connectivity index (χ4v) is 3.73. The molecule has 0 fully saturated rings. The molecule has 5 nitrogen and oxygen atoms in total. The van der Waals surface area contributed by atoms with E-state index < -0.39 is 11.7 Å². The summed E-state index contributed by atoms with van der Waals surface area (Å²) in [5, 5.41) is 8.28. The molecule has 4 rings (SSSR count). The van der Waals surface area contributed by atoms with E-state index in [0.717, 1.165) is 35.2 Å². The molecule has 0 unspecified atom stereocenters. The van der Waals surface area contributed by atoms with Crippen LogP contribution in [0.1, 0.15) is 35.2 Å². The van der Waals surface area contributed by atoms with Crippen LogP contribution in [0.15, 0.2) is 60.8 Å². The van der Waals surface area contributed by atoms with Gasteiger partial charge in [0.05, 0.1) is 12.1 Å². The minimum Gasteiger partial charge on any atom is -0.361 e. The van der Waals surface area contributed by atoms with Crippen molar-refractivity contribution in [1.82, 2.24) is 14.8 Å². The normalized spacial score (nSPS) is 11.8. The molecule has 8 heteroatoms. The van der Waals surface area contributed by atoms with Crippen LogP contribution in [0.25, 0.3) is 10.9 Å². The van der Waals surface area contributed by atoms with Crippen molar-refractivity contribution >= 4 is 22.6 Å². The quantitative estimate of drug-likeness (QED) is 0.387. The van der Waals surface area contributed by atoms with Crippen LogP contribution >= 0.6 is 0 Å². The molecule has 1 amide bonds. The second-order valence-corrected chi connectivity index (χ2v) is 7.79. The number of rotatable bonds is 7. The molecule has 0 aliphatic heterocycles. The lowest BCUT2D eigenvalue weighted by Gasteiger charge is -2.09. The number of aromatic amines is 1. The van der Waals surface area contributed by atoms with Gasteiger partial charge in [-0.05, 0) is 49.1 Å². The Bertz CT molecular complexity index is 1240. The van der Waals surface area contributed by atoms with E-state index in [2.05, 4.69) is 21.5 Å². The molecule has 4 aromatic rings. The highest BCUT2D eigenvalue weighted by atomic mass is 19.4. The first-order valence-electron chi connectivity index (χ1n) is 10.3. The Kier molecular flexibility index (Phi) is 6.03. The molecule has 2 aromatic carbocycles. The molecular formula is C24H23F3N4O. The fourth-order valence-electron chi connectivity index (χ4n) is 3.73. The molecule has 0 aliphatic carbocycles. The molecule has 32 heavy (non-hydrogen) atoms. The summed E-state index contributed by atoms with van der Waals surface area (Å²) in [5.41, 5.74) is 2.80. The summed E-state index contributed by atoms with van der Waals surface area (Å²) >= 11 is 0. The minimum absolute atomic E-state index is 0.145. The number of nitrogens with one attached hydrogen (secondary N) is 2. The van der Waals surface area contributed by atoms with Crippen LogP contribution in [0.5, 0.6) is 0 Å². The maximum Gasteiger partial charge on any atom is 0.416 e. The zero-order chi connectivity index (χ0) is 22.7. The molecular weight excluding hydrogens is 417 g/mol. The van der Waals surface area contributed by atoms with Gasteiger partial charge in [-0.1, -0.05) is 30.3 Å². The van der Waals surface area contributed by atoms with Crippen molar-refractivity contribution in [2.24, 2.45) is 0 Å². The zero-order valence-electron chi connectivity index (χ0n) is 17.5. The number of fused-ring (bicyclic) bond motifs is 1. The SMILES string of the molecule is Cc1cc(NC(=O)CCCc2c[nH]c3ccccc23)nn1Cc1cccc(C(F)(F)F)c1. The molecule has 0 atom stereocenters. The number of aromatic nitrogens is 3. The van der Waals surface area contributed by atoms with Crippen molar-refractivity contribution < 1.29 is 18.0 Å². The average molecular weight is 440 g/mol. The Morgan fingerprint density at radius 3 is 2.75 bits per heavy atom. The Balaban J connectivity index is 1.33. The summed E-state index contributed by atoms with van der Waals surface area (Å²) in [7, 11) is 0. The minimum atomic E-state index is -4.39. The van der Waals surface area contributed by atoms with Crippen molar-refractivity contribution in [2.75, 3.05) is 5.32 Å². The first-order valence-corrected chi connectivity index (χ1v) is 10.3. The second kappa shape index (κ2) is 8.90. The highest BCUT2D eigenvalue weighted by Gasteiger charge is 2.30. The summed E-state index contributed by atoms with van der Waals surface area (Å²) in [6.45, 7) is 1.99. The Morgan fingerprint density at radius 1 is 1.12 bits per heavy atom. The molecule has 0 saturated heterocycles. The number of anilines is 1. The lowest BCUT2D eigenvalue weighted by Crippen LogP contribution is -2.13. The maximum absolute atomic E-state index is 12.9. The molecule has 2 heterocycles. The molecule has 2 N–H and O–H groups in total. The summed E-state index contributed by atoms with van der Waals surface area (Å²) in [4.78, 5) is 15.6. The summed E-state index contributed by atoms with van der Waals surface area (Å²) in [6, 6.07) is 14.9. The number of amides is 1. The number of halogens is 3. The highest BCUT2D eigenvalue weighted by Crippen LogP contribution is 2.29. The van der Waals surface area contributed by atoms with Crippen molar-refractivity contribution in [3.05, 3.63) is 83.2 Å². The Labute approximate surface area is 183 Å². The van der Waals surface area contributed by atoms with Gasteiger partial charge in [0, 0.05) is 35.3 Å². The van der Waals surface area contributed by atoms with Gasteiger partial charge in [-0.2, -0.15) is 18.3 Å². The average Bonchev–Trinajstić information content (AvgIpc) is 3.31. The summed E-state index contributed by atoms with van der Waals surface area (Å²) in [5.74, 6) is 0.250. The van der Waals surface area contributed by atoms with Crippen molar-refractivity contribution in [2.45, 2.75) is 38.9 Å². The van der Waals surface area contributed by atoms with Crippen LogP contribution in [-0.4, -0.2) is 20.7 Å². The van der Waals surface area contributed by atoms with Gasteiger partial charge in [0.25, 0.3) is 0 Å². The number of benzene rings is 2. The van der Waals surface area contributed by atoms with E-state index >= 15 is 0 Å². The van der Waals surface area contributed by atoms with Gasteiger partial charge in [-0.15, -0.1) is 0 Å². The van der Waals surface area contributed by atoms with Crippen LogP contribution < -0.4 is 5.32 Å².